The van der Waals surface area contributed by atoms with Gasteiger partial charge in [0.15, 0.2) is 0 Å². The molecule has 2 rings (SSSR count). The highest BCUT2D eigenvalue weighted by Crippen LogP contribution is 2.44. The van der Waals surface area contributed by atoms with Gasteiger partial charge in [0, 0.05) is 6.42 Å². The highest BCUT2D eigenvalue weighted by molar-refractivity contribution is 5.95. The topological polar surface area (TPSA) is 60.2 Å². The SMILES string of the molecule is CC1=NOC2(C(=O)O/N=C(\C)C(F)F)CCCC12. The van der Waals surface area contributed by atoms with Crippen molar-refractivity contribution >= 4 is 17.4 Å². The van der Waals surface area contributed by atoms with E-state index >= 15 is 0 Å². The van der Waals surface area contributed by atoms with Crippen LogP contribution in [0.25, 0.3) is 0 Å². The van der Waals surface area contributed by atoms with Gasteiger partial charge < -0.3 is 9.68 Å². The monoisotopic (exact) mass is 260 g/mol. The molecule has 18 heavy (non-hydrogen) atoms. The zero-order valence-corrected chi connectivity index (χ0v) is 10.2. The molecule has 0 saturated heterocycles. The van der Waals surface area contributed by atoms with Crippen molar-refractivity contribution in [3.63, 3.8) is 0 Å². The Balaban J connectivity index is 2.08. The standard InChI is InChI=1S/C11H14F2N2O3/c1-6-8-4-3-5-11(8,18-15-6)10(16)17-14-7(2)9(12)13/h8-9H,3-5H2,1-2H3/b14-7+. The summed E-state index contributed by atoms with van der Waals surface area (Å²) in [5.74, 6) is -0.877. The summed E-state index contributed by atoms with van der Waals surface area (Å²) in [6, 6.07) is 0. The van der Waals surface area contributed by atoms with Gasteiger partial charge in [0.25, 0.3) is 6.43 Å². The lowest BCUT2D eigenvalue weighted by atomic mass is 9.88. The van der Waals surface area contributed by atoms with E-state index in [4.69, 9.17) is 4.84 Å². The molecule has 0 aromatic heterocycles. The molecule has 2 atom stereocenters. The minimum Gasteiger partial charge on any atom is -0.376 e. The predicted molar refractivity (Wildman–Crippen MR) is 59.5 cm³/mol. The van der Waals surface area contributed by atoms with Crippen LogP contribution >= 0.6 is 0 Å². The summed E-state index contributed by atoms with van der Waals surface area (Å²) in [4.78, 5) is 21.7. The minimum absolute atomic E-state index is 0.132. The maximum Gasteiger partial charge on any atom is 0.381 e. The molecule has 7 heteroatoms. The lowest BCUT2D eigenvalue weighted by Gasteiger charge is -2.22. The maximum absolute atomic E-state index is 12.2. The van der Waals surface area contributed by atoms with Crippen molar-refractivity contribution in [1.82, 2.24) is 0 Å². The van der Waals surface area contributed by atoms with Crippen LogP contribution in [0, 0.1) is 5.92 Å². The van der Waals surface area contributed by atoms with Crippen LogP contribution in [0.5, 0.6) is 0 Å². The summed E-state index contributed by atoms with van der Waals surface area (Å²) in [6.45, 7) is 2.87. The number of nitrogens with zero attached hydrogens (tertiary/aromatic N) is 2. The smallest absolute Gasteiger partial charge is 0.376 e. The highest BCUT2D eigenvalue weighted by atomic mass is 19.3. The fourth-order valence-electron chi connectivity index (χ4n) is 2.36. The average Bonchev–Trinajstić information content (AvgIpc) is 2.88. The lowest BCUT2D eigenvalue weighted by Crippen LogP contribution is -2.43. The van der Waals surface area contributed by atoms with Gasteiger partial charge in [-0.3, -0.25) is 0 Å². The van der Waals surface area contributed by atoms with Gasteiger partial charge in [0.2, 0.25) is 5.60 Å². The predicted octanol–water partition coefficient (Wildman–Crippen LogP) is 2.12. The van der Waals surface area contributed by atoms with Crippen LogP contribution in [-0.2, 0) is 14.5 Å². The van der Waals surface area contributed by atoms with Crippen LogP contribution in [0.3, 0.4) is 0 Å². The van der Waals surface area contributed by atoms with E-state index in [-0.39, 0.29) is 5.92 Å². The Kier molecular flexibility index (Phi) is 3.32. The number of carbonyl (C=O) groups excluding carboxylic acids is 1. The summed E-state index contributed by atoms with van der Waals surface area (Å²) >= 11 is 0. The number of rotatable bonds is 3. The van der Waals surface area contributed by atoms with Crippen molar-refractivity contribution in [3.8, 4) is 0 Å². The van der Waals surface area contributed by atoms with Crippen LogP contribution < -0.4 is 0 Å². The van der Waals surface area contributed by atoms with Gasteiger partial charge in [-0.25, -0.2) is 13.6 Å². The minimum atomic E-state index is -2.74. The molecule has 5 nitrogen and oxygen atoms in total. The second kappa shape index (κ2) is 4.62. The first-order chi connectivity index (χ1) is 8.47. The Morgan fingerprint density at radius 1 is 1.67 bits per heavy atom. The van der Waals surface area contributed by atoms with E-state index in [2.05, 4.69) is 15.1 Å². The third-order valence-corrected chi connectivity index (χ3v) is 3.39. The number of halogens is 2. The number of alkyl halides is 2. The van der Waals surface area contributed by atoms with Crippen LogP contribution in [0.2, 0.25) is 0 Å². The van der Waals surface area contributed by atoms with Crippen LogP contribution in [-0.4, -0.2) is 29.4 Å². The summed E-state index contributed by atoms with van der Waals surface area (Å²) < 4.78 is 24.4. The fraction of sp³-hybridized carbons (Fsp3) is 0.727. The van der Waals surface area contributed by atoms with E-state index in [1.54, 1.807) is 6.92 Å². The summed E-state index contributed by atoms with van der Waals surface area (Å²) in [5, 5.41) is 6.93. The molecular weight excluding hydrogens is 246 g/mol. The van der Waals surface area contributed by atoms with Crippen LogP contribution in [0.1, 0.15) is 33.1 Å². The average molecular weight is 260 g/mol. The fourth-order valence-corrected chi connectivity index (χ4v) is 2.36. The lowest BCUT2D eigenvalue weighted by molar-refractivity contribution is -0.172. The third kappa shape index (κ3) is 1.97. The van der Waals surface area contributed by atoms with Gasteiger partial charge in [-0.15, -0.1) is 0 Å². The van der Waals surface area contributed by atoms with Gasteiger partial charge in [-0.05, 0) is 26.7 Å². The second-order valence-electron chi connectivity index (χ2n) is 4.57. The van der Waals surface area contributed by atoms with Crippen molar-refractivity contribution in [2.24, 2.45) is 16.2 Å². The van der Waals surface area contributed by atoms with E-state index in [9.17, 15) is 13.6 Å². The van der Waals surface area contributed by atoms with Gasteiger partial charge in [-0.2, -0.15) is 0 Å². The Morgan fingerprint density at radius 3 is 3.06 bits per heavy atom. The van der Waals surface area contributed by atoms with Gasteiger partial charge >= 0.3 is 5.97 Å². The molecule has 1 aliphatic carbocycles. The van der Waals surface area contributed by atoms with Crippen molar-refractivity contribution in [2.75, 3.05) is 0 Å². The number of hydrogen-bond acceptors (Lipinski definition) is 5. The van der Waals surface area contributed by atoms with E-state index in [1.165, 1.54) is 0 Å². The zero-order valence-electron chi connectivity index (χ0n) is 10.2. The molecule has 0 aromatic carbocycles. The highest BCUT2D eigenvalue weighted by Gasteiger charge is 2.58. The first-order valence-electron chi connectivity index (χ1n) is 5.74. The number of fused-ring (bicyclic) bond motifs is 1. The first-order valence-corrected chi connectivity index (χ1v) is 5.74. The van der Waals surface area contributed by atoms with E-state index in [1.807, 2.05) is 0 Å². The molecule has 1 heterocycles. The van der Waals surface area contributed by atoms with Crippen LogP contribution in [0.4, 0.5) is 8.78 Å². The Bertz CT molecular complexity index is 423. The number of oxime groups is 2. The maximum atomic E-state index is 12.2. The molecule has 0 aromatic rings. The molecule has 0 N–H and O–H groups in total. The van der Waals surface area contributed by atoms with E-state index in [0.717, 1.165) is 25.5 Å². The normalized spacial score (nSPS) is 31.1. The quantitative estimate of drug-likeness (QED) is 0.443. The molecule has 0 amide bonds. The van der Waals surface area contributed by atoms with Gasteiger partial charge in [0.1, 0.15) is 5.71 Å². The largest absolute Gasteiger partial charge is 0.381 e. The van der Waals surface area contributed by atoms with Crippen LogP contribution in [0.15, 0.2) is 10.3 Å². The Hall–Kier alpha value is -1.53. The molecule has 1 saturated carbocycles. The van der Waals surface area contributed by atoms with Crippen molar-refractivity contribution in [2.45, 2.75) is 45.1 Å². The molecule has 2 aliphatic rings. The molecule has 2 unspecified atom stereocenters. The molecule has 0 spiro atoms. The summed E-state index contributed by atoms with van der Waals surface area (Å²) in [5.41, 5.74) is -0.959. The molecule has 100 valence electrons. The Morgan fingerprint density at radius 2 is 2.39 bits per heavy atom. The summed E-state index contributed by atoms with van der Waals surface area (Å²) in [7, 11) is 0. The number of hydrogen-bond donors (Lipinski definition) is 0. The summed E-state index contributed by atoms with van der Waals surface area (Å²) in [6.07, 6.45) is -0.677. The third-order valence-electron chi connectivity index (χ3n) is 3.39. The molecular formula is C11H14F2N2O3. The van der Waals surface area contributed by atoms with Crippen molar-refractivity contribution in [3.05, 3.63) is 0 Å². The van der Waals surface area contributed by atoms with Gasteiger partial charge in [-0.1, -0.05) is 10.3 Å². The number of carbonyl (C=O) groups is 1. The molecule has 0 bridgehead atoms. The van der Waals surface area contributed by atoms with Crippen molar-refractivity contribution < 1.29 is 23.3 Å². The first kappa shape index (κ1) is 12.9. The molecule has 1 fully saturated rings. The molecule has 1 aliphatic heterocycles. The van der Waals surface area contributed by atoms with E-state index in [0.29, 0.717) is 6.42 Å². The zero-order chi connectivity index (χ0) is 13.3. The Labute approximate surface area is 103 Å². The van der Waals surface area contributed by atoms with Crippen molar-refractivity contribution in [1.29, 1.82) is 0 Å². The second-order valence-corrected chi connectivity index (χ2v) is 4.57. The van der Waals surface area contributed by atoms with E-state index < -0.39 is 23.7 Å². The van der Waals surface area contributed by atoms with Gasteiger partial charge in [0.05, 0.1) is 11.6 Å². The molecule has 0 radical (unpaired) electrons.